The quantitative estimate of drug-likeness (QED) is 0.493. The van der Waals surface area contributed by atoms with Crippen LogP contribution in [-0.2, 0) is 4.74 Å². The van der Waals surface area contributed by atoms with Gasteiger partial charge in [0.05, 0.1) is 26.9 Å². The maximum absolute atomic E-state index is 12.9. The second kappa shape index (κ2) is 9.11. The number of benzene rings is 2. The number of nitrogens with one attached hydrogen (secondary N) is 1. The van der Waals surface area contributed by atoms with E-state index in [1.165, 1.54) is 32.7 Å². The van der Waals surface area contributed by atoms with Crippen LogP contribution in [0.25, 0.3) is 11.1 Å². The largest absolute Gasteiger partial charge is 0.493 e. The maximum Gasteiger partial charge on any atom is 0.341 e. The molecule has 1 N–H and O–H groups in total. The molecule has 2 aromatic carbocycles. The predicted molar refractivity (Wildman–Crippen MR) is 116 cm³/mol. The molecule has 8 heteroatoms. The monoisotopic (exact) mass is 475 g/mol. The van der Waals surface area contributed by atoms with Crippen LogP contribution in [-0.4, -0.2) is 33.2 Å². The van der Waals surface area contributed by atoms with E-state index in [4.69, 9.17) is 14.2 Å². The van der Waals surface area contributed by atoms with Crippen molar-refractivity contribution in [3.8, 4) is 22.6 Å². The Kier molecular flexibility index (Phi) is 6.56. The summed E-state index contributed by atoms with van der Waals surface area (Å²) in [5.74, 6) is -0.195. The topological polar surface area (TPSA) is 73.9 Å². The number of halogens is 1. The van der Waals surface area contributed by atoms with Crippen LogP contribution in [0.15, 0.2) is 52.3 Å². The number of rotatable bonds is 6. The van der Waals surface area contributed by atoms with Gasteiger partial charge in [0.1, 0.15) is 10.6 Å². The molecule has 1 amide bonds. The van der Waals surface area contributed by atoms with E-state index in [9.17, 15) is 9.59 Å². The van der Waals surface area contributed by atoms with E-state index in [0.717, 1.165) is 10.0 Å². The molecule has 0 aliphatic carbocycles. The van der Waals surface area contributed by atoms with Crippen molar-refractivity contribution in [3.05, 3.63) is 63.4 Å². The number of amides is 1. The third kappa shape index (κ3) is 4.28. The number of anilines is 1. The molecule has 6 nitrogen and oxygen atoms in total. The lowest BCUT2D eigenvalue weighted by Crippen LogP contribution is -2.15. The first kappa shape index (κ1) is 20.9. The van der Waals surface area contributed by atoms with Crippen molar-refractivity contribution >= 4 is 44.1 Å². The molecule has 0 bridgehead atoms. The Bertz CT molecular complexity index is 1050. The molecule has 1 heterocycles. The Balaban J connectivity index is 2.01. The van der Waals surface area contributed by atoms with Gasteiger partial charge in [-0.2, -0.15) is 0 Å². The molecule has 0 unspecified atom stereocenters. The predicted octanol–water partition coefficient (Wildman–Crippen LogP) is 5.23. The second-order valence-corrected chi connectivity index (χ2v) is 7.64. The maximum atomic E-state index is 12.9. The molecule has 3 aromatic rings. The molecule has 0 atom stereocenters. The van der Waals surface area contributed by atoms with Crippen LogP contribution in [0.5, 0.6) is 11.5 Å². The summed E-state index contributed by atoms with van der Waals surface area (Å²) >= 11 is 4.65. The van der Waals surface area contributed by atoms with E-state index in [2.05, 4.69) is 21.2 Å². The van der Waals surface area contributed by atoms with Crippen molar-refractivity contribution in [1.29, 1.82) is 0 Å². The van der Waals surface area contributed by atoms with E-state index < -0.39 is 11.9 Å². The fourth-order valence-electron chi connectivity index (χ4n) is 2.83. The molecule has 0 radical (unpaired) electrons. The van der Waals surface area contributed by atoms with E-state index in [1.807, 2.05) is 29.6 Å². The highest BCUT2D eigenvalue weighted by Gasteiger charge is 2.24. The number of hydrogen-bond donors (Lipinski definition) is 1. The molecule has 0 fully saturated rings. The molecule has 0 saturated heterocycles. The average molecular weight is 476 g/mol. The average Bonchev–Trinajstić information content (AvgIpc) is 3.16. The minimum atomic E-state index is -0.530. The van der Waals surface area contributed by atoms with Crippen LogP contribution >= 0.6 is 27.3 Å². The normalized spacial score (nSPS) is 10.3. The van der Waals surface area contributed by atoms with Crippen molar-refractivity contribution in [1.82, 2.24) is 0 Å². The molecule has 0 aliphatic rings. The lowest BCUT2D eigenvalue weighted by atomic mass is 10.0. The fourth-order valence-corrected chi connectivity index (χ4v) is 4.05. The fraction of sp³-hybridized carbons (Fsp3) is 0.143. The molecule has 29 heavy (non-hydrogen) atoms. The Labute approximate surface area is 180 Å². The van der Waals surface area contributed by atoms with Crippen molar-refractivity contribution in [2.75, 3.05) is 26.6 Å². The Hall–Kier alpha value is -2.84. The standard InChI is InChI=1S/C21H18BrNO5S/c1-26-16-6-4-5-14(18(16)27-2)19(24)23-20-17(21(25)28-3)15(11-29-20)12-7-9-13(22)10-8-12/h4-11H,1-3H3,(H,23,24). The zero-order valence-electron chi connectivity index (χ0n) is 15.9. The summed E-state index contributed by atoms with van der Waals surface area (Å²) in [5, 5.41) is 5.01. The number of ether oxygens (including phenoxy) is 3. The van der Waals surface area contributed by atoms with Crippen LogP contribution in [0.1, 0.15) is 20.7 Å². The molecule has 0 spiro atoms. The zero-order chi connectivity index (χ0) is 21.0. The molecular formula is C21H18BrNO5S. The highest BCUT2D eigenvalue weighted by molar-refractivity contribution is 9.10. The number of carbonyl (C=O) groups excluding carboxylic acids is 2. The van der Waals surface area contributed by atoms with Gasteiger partial charge in [0.15, 0.2) is 11.5 Å². The first-order chi connectivity index (χ1) is 14.0. The third-order valence-electron chi connectivity index (χ3n) is 4.21. The Morgan fingerprint density at radius 2 is 1.72 bits per heavy atom. The van der Waals surface area contributed by atoms with Gasteiger partial charge < -0.3 is 19.5 Å². The number of carbonyl (C=O) groups is 2. The van der Waals surface area contributed by atoms with Gasteiger partial charge in [-0.1, -0.05) is 34.1 Å². The van der Waals surface area contributed by atoms with Gasteiger partial charge in [-0.25, -0.2) is 4.79 Å². The molecule has 150 valence electrons. The van der Waals surface area contributed by atoms with E-state index in [0.29, 0.717) is 33.2 Å². The Morgan fingerprint density at radius 3 is 2.34 bits per heavy atom. The van der Waals surface area contributed by atoms with Crippen LogP contribution < -0.4 is 14.8 Å². The van der Waals surface area contributed by atoms with Crippen molar-refractivity contribution in [2.24, 2.45) is 0 Å². The van der Waals surface area contributed by atoms with Crippen LogP contribution in [0.3, 0.4) is 0 Å². The van der Waals surface area contributed by atoms with E-state index in [1.54, 1.807) is 18.2 Å². The molecule has 0 saturated carbocycles. The van der Waals surface area contributed by atoms with E-state index in [-0.39, 0.29) is 0 Å². The first-order valence-electron chi connectivity index (χ1n) is 8.48. The second-order valence-electron chi connectivity index (χ2n) is 5.85. The lowest BCUT2D eigenvalue weighted by molar-refractivity contribution is 0.0603. The smallest absolute Gasteiger partial charge is 0.341 e. The molecule has 3 rings (SSSR count). The minimum Gasteiger partial charge on any atom is -0.493 e. The highest BCUT2D eigenvalue weighted by Crippen LogP contribution is 2.38. The highest BCUT2D eigenvalue weighted by atomic mass is 79.9. The van der Waals surface area contributed by atoms with Crippen molar-refractivity contribution in [3.63, 3.8) is 0 Å². The molecule has 1 aromatic heterocycles. The summed E-state index contributed by atoms with van der Waals surface area (Å²) in [6.45, 7) is 0. The van der Waals surface area contributed by atoms with Crippen LogP contribution in [0.2, 0.25) is 0 Å². The summed E-state index contributed by atoms with van der Waals surface area (Å²) in [4.78, 5) is 25.4. The number of methoxy groups -OCH3 is 3. The summed E-state index contributed by atoms with van der Waals surface area (Å²) in [6.07, 6.45) is 0. The van der Waals surface area contributed by atoms with Crippen LogP contribution in [0, 0.1) is 0 Å². The van der Waals surface area contributed by atoms with Crippen molar-refractivity contribution < 1.29 is 23.8 Å². The lowest BCUT2D eigenvalue weighted by Gasteiger charge is -2.13. The molecule has 0 aliphatic heterocycles. The summed E-state index contributed by atoms with van der Waals surface area (Å²) in [7, 11) is 4.27. The first-order valence-corrected chi connectivity index (χ1v) is 10.2. The van der Waals surface area contributed by atoms with Gasteiger partial charge in [0.25, 0.3) is 5.91 Å². The third-order valence-corrected chi connectivity index (χ3v) is 5.63. The van der Waals surface area contributed by atoms with Gasteiger partial charge in [-0.15, -0.1) is 11.3 Å². The van der Waals surface area contributed by atoms with Gasteiger partial charge in [-0.05, 0) is 29.8 Å². The minimum absolute atomic E-state index is 0.293. The summed E-state index contributed by atoms with van der Waals surface area (Å²) < 4.78 is 16.5. The van der Waals surface area contributed by atoms with Gasteiger partial charge >= 0.3 is 5.97 Å². The SMILES string of the molecule is COC(=O)c1c(-c2ccc(Br)cc2)csc1NC(=O)c1cccc(OC)c1OC. The summed E-state index contributed by atoms with van der Waals surface area (Å²) in [6, 6.07) is 12.6. The van der Waals surface area contributed by atoms with Gasteiger partial charge in [-0.3, -0.25) is 4.79 Å². The summed E-state index contributed by atoms with van der Waals surface area (Å²) in [5.41, 5.74) is 2.11. The van der Waals surface area contributed by atoms with E-state index >= 15 is 0 Å². The Morgan fingerprint density at radius 1 is 1.00 bits per heavy atom. The number of thiophene rings is 1. The number of hydrogen-bond acceptors (Lipinski definition) is 6. The zero-order valence-corrected chi connectivity index (χ0v) is 18.3. The van der Waals surface area contributed by atoms with Gasteiger partial charge in [0.2, 0.25) is 0 Å². The molecular weight excluding hydrogens is 458 g/mol. The number of para-hydroxylation sites is 1. The van der Waals surface area contributed by atoms with Crippen molar-refractivity contribution in [2.45, 2.75) is 0 Å². The number of esters is 1. The van der Waals surface area contributed by atoms with Gasteiger partial charge in [0, 0.05) is 15.4 Å². The van der Waals surface area contributed by atoms with Crippen LogP contribution in [0.4, 0.5) is 5.00 Å².